The molecule has 1 atom stereocenters. The van der Waals surface area contributed by atoms with Crippen LogP contribution in [0.15, 0.2) is 35.9 Å². The molecular formula is C17H20O5. The average Bonchev–Trinajstić information content (AvgIpc) is 2.50. The number of carbonyl (C=O) groups excluding carboxylic acids is 3. The van der Waals surface area contributed by atoms with E-state index in [1.807, 2.05) is 0 Å². The summed E-state index contributed by atoms with van der Waals surface area (Å²) in [4.78, 5) is 33.3. The second-order valence-electron chi connectivity index (χ2n) is 4.81. The van der Waals surface area contributed by atoms with Crippen molar-refractivity contribution in [3.05, 3.63) is 41.5 Å². The minimum absolute atomic E-state index is 0.0159. The summed E-state index contributed by atoms with van der Waals surface area (Å²) in [6.45, 7) is 1.82. The molecule has 1 rings (SSSR count). The highest BCUT2D eigenvalue weighted by Gasteiger charge is 2.18. The lowest BCUT2D eigenvalue weighted by atomic mass is 9.93. The van der Waals surface area contributed by atoms with Gasteiger partial charge in [0, 0.05) is 18.8 Å². The first kappa shape index (κ1) is 17.6. The van der Waals surface area contributed by atoms with Gasteiger partial charge >= 0.3 is 5.97 Å². The number of ether oxygens (including phenoxy) is 1. The summed E-state index contributed by atoms with van der Waals surface area (Å²) in [6.07, 6.45) is 3.43. The molecular weight excluding hydrogens is 284 g/mol. The van der Waals surface area contributed by atoms with Gasteiger partial charge in [-0.25, -0.2) is 0 Å². The predicted molar refractivity (Wildman–Crippen MR) is 81.4 cm³/mol. The van der Waals surface area contributed by atoms with Gasteiger partial charge in [0.05, 0.1) is 13.0 Å². The molecule has 0 aliphatic carbocycles. The molecule has 1 aromatic rings. The van der Waals surface area contributed by atoms with Gasteiger partial charge in [0.25, 0.3) is 0 Å². The topological polar surface area (TPSA) is 80.7 Å². The number of hydrogen-bond acceptors (Lipinski definition) is 5. The number of phenolic OH excluding ortho intramolecular Hbond substituents is 1. The molecule has 0 fully saturated rings. The zero-order valence-corrected chi connectivity index (χ0v) is 12.5. The van der Waals surface area contributed by atoms with Gasteiger partial charge in [-0.3, -0.25) is 9.59 Å². The lowest BCUT2D eigenvalue weighted by Gasteiger charge is -2.13. The van der Waals surface area contributed by atoms with Crippen molar-refractivity contribution in [1.82, 2.24) is 0 Å². The summed E-state index contributed by atoms with van der Waals surface area (Å²) in [7, 11) is 0. The molecule has 0 spiro atoms. The number of aldehydes is 2. The quantitative estimate of drug-likeness (QED) is 0.430. The lowest BCUT2D eigenvalue weighted by molar-refractivity contribution is -0.144. The molecule has 0 aliphatic heterocycles. The third-order valence-corrected chi connectivity index (χ3v) is 3.36. The zero-order valence-electron chi connectivity index (χ0n) is 12.5. The normalized spacial score (nSPS) is 12.5. The summed E-state index contributed by atoms with van der Waals surface area (Å²) < 4.78 is 5.11. The second-order valence-corrected chi connectivity index (χ2v) is 4.81. The number of para-hydroxylation sites is 1. The van der Waals surface area contributed by atoms with E-state index in [0.29, 0.717) is 30.1 Å². The number of phenols is 1. The third-order valence-electron chi connectivity index (χ3n) is 3.36. The zero-order chi connectivity index (χ0) is 16.4. The van der Waals surface area contributed by atoms with E-state index < -0.39 is 11.9 Å². The first-order valence-corrected chi connectivity index (χ1v) is 7.09. The van der Waals surface area contributed by atoms with Crippen molar-refractivity contribution < 1.29 is 24.2 Å². The summed E-state index contributed by atoms with van der Waals surface area (Å²) in [5.74, 6) is -0.754. The van der Waals surface area contributed by atoms with E-state index in [9.17, 15) is 19.5 Å². The molecule has 0 aromatic heterocycles. The Morgan fingerprint density at radius 2 is 2.05 bits per heavy atom. The fraction of sp³-hybridized carbons (Fsp3) is 0.353. The molecule has 0 saturated heterocycles. The van der Waals surface area contributed by atoms with Crippen LogP contribution in [0.1, 0.15) is 25.3 Å². The molecule has 0 aliphatic rings. The first-order valence-electron chi connectivity index (χ1n) is 7.09. The number of carbonyl (C=O) groups is 3. The molecule has 5 heteroatoms. The SMILES string of the molecule is CC=C(C=O)[C@@H](CC=O)CC(=O)OCCc1ccccc1O. The maximum absolute atomic E-state index is 11.8. The largest absolute Gasteiger partial charge is 0.508 e. The van der Waals surface area contributed by atoms with Gasteiger partial charge in [0.1, 0.15) is 18.3 Å². The molecule has 1 N–H and O–H groups in total. The van der Waals surface area contributed by atoms with E-state index in [0.717, 1.165) is 0 Å². The third kappa shape index (κ3) is 5.52. The maximum Gasteiger partial charge on any atom is 0.306 e. The van der Waals surface area contributed by atoms with Gasteiger partial charge in [-0.15, -0.1) is 0 Å². The summed E-state index contributed by atoms with van der Waals surface area (Å²) in [6, 6.07) is 6.83. The number of aromatic hydroxyl groups is 1. The minimum Gasteiger partial charge on any atom is -0.508 e. The Bertz CT molecular complexity index is 548. The van der Waals surface area contributed by atoms with Crippen LogP contribution in [0.3, 0.4) is 0 Å². The fourth-order valence-electron chi connectivity index (χ4n) is 2.11. The highest BCUT2D eigenvalue weighted by molar-refractivity contribution is 5.78. The second kappa shape index (κ2) is 9.50. The standard InChI is InChI=1S/C17H20O5/c1-2-13(12-19)15(7-9-18)11-17(21)22-10-8-14-5-3-4-6-16(14)20/h2-6,9,12,15,20H,7-8,10-11H2,1H3/t15-/m0/s1. The number of rotatable bonds is 9. The van der Waals surface area contributed by atoms with Crippen molar-refractivity contribution in [2.24, 2.45) is 5.92 Å². The highest BCUT2D eigenvalue weighted by Crippen LogP contribution is 2.19. The smallest absolute Gasteiger partial charge is 0.306 e. The van der Waals surface area contributed by atoms with Gasteiger partial charge in [0.15, 0.2) is 0 Å². The number of hydrogen-bond donors (Lipinski definition) is 1. The van der Waals surface area contributed by atoms with Crippen molar-refractivity contribution in [2.45, 2.75) is 26.2 Å². The molecule has 0 unspecified atom stereocenters. The van der Waals surface area contributed by atoms with Gasteiger partial charge in [0.2, 0.25) is 0 Å². The molecule has 0 heterocycles. The fourth-order valence-corrected chi connectivity index (χ4v) is 2.11. The van der Waals surface area contributed by atoms with E-state index in [-0.39, 0.29) is 25.2 Å². The van der Waals surface area contributed by atoms with Crippen LogP contribution in [0, 0.1) is 5.92 Å². The Morgan fingerprint density at radius 3 is 2.64 bits per heavy atom. The predicted octanol–water partition coefficient (Wildman–Crippen LogP) is 2.22. The minimum atomic E-state index is -0.469. The van der Waals surface area contributed by atoms with E-state index >= 15 is 0 Å². The summed E-state index contributed by atoms with van der Waals surface area (Å²) in [5.41, 5.74) is 1.12. The Kier molecular flexibility index (Phi) is 7.61. The number of esters is 1. The van der Waals surface area contributed by atoms with E-state index in [4.69, 9.17) is 4.74 Å². The molecule has 0 radical (unpaired) electrons. The van der Waals surface area contributed by atoms with Crippen LogP contribution in [0.2, 0.25) is 0 Å². The molecule has 5 nitrogen and oxygen atoms in total. The lowest BCUT2D eigenvalue weighted by Crippen LogP contribution is -2.16. The van der Waals surface area contributed by atoms with Gasteiger partial charge in [-0.2, -0.15) is 0 Å². The summed E-state index contributed by atoms with van der Waals surface area (Å²) >= 11 is 0. The molecule has 1 aromatic carbocycles. The van der Waals surface area contributed by atoms with Crippen LogP contribution in [0.5, 0.6) is 5.75 Å². The molecule has 0 bridgehead atoms. The Balaban J connectivity index is 2.49. The number of benzene rings is 1. The molecule has 22 heavy (non-hydrogen) atoms. The van der Waals surface area contributed by atoms with Crippen LogP contribution in [0.25, 0.3) is 0 Å². The van der Waals surface area contributed by atoms with Crippen LogP contribution < -0.4 is 0 Å². The molecule has 0 amide bonds. The van der Waals surface area contributed by atoms with Crippen LogP contribution >= 0.6 is 0 Å². The van der Waals surface area contributed by atoms with Gasteiger partial charge in [-0.05, 0) is 24.1 Å². The van der Waals surface area contributed by atoms with Gasteiger partial charge in [-0.1, -0.05) is 24.3 Å². The van der Waals surface area contributed by atoms with Crippen molar-refractivity contribution >= 4 is 18.5 Å². The Morgan fingerprint density at radius 1 is 1.32 bits per heavy atom. The number of allylic oxidation sites excluding steroid dienone is 2. The first-order chi connectivity index (χ1) is 10.6. The molecule has 0 saturated carbocycles. The van der Waals surface area contributed by atoms with Crippen molar-refractivity contribution in [2.75, 3.05) is 6.61 Å². The van der Waals surface area contributed by atoms with Crippen LogP contribution in [-0.2, 0) is 25.5 Å². The average molecular weight is 304 g/mol. The molecule has 118 valence electrons. The maximum atomic E-state index is 11.8. The van der Waals surface area contributed by atoms with E-state index in [1.54, 1.807) is 37.3 Å². The van der Waals surface area contributed by atoms with E-state index in [1.165, 1.54) is 0 Å². The van der Waals surface area contributed by atoms with Gasteiger partial charge < -0.3 is 14.6 Å². The van der Waals surface area contributed by atoms with Crippen molar-refractivity contribution in [1.29, 1.82) is 0 Å². The van der Waals surface area contributed by atoms with Crippen LogP contribution in [-0.4, -0.2) is 30.3 Å². The van der Waals surface area contributed by atoms with E-state index in [2.05, 4.69) is 0 Å². The van der Waals surface area contributed by atoms with Crippen molar-refractivity contribution in [3.63, 3.8) is 0 Å². The highest BCUT2D eigenvalue weighted by atomic mass is 16.5. The summed E-state index contributed by atoms with van der Waals surface area (Å²) in [5, 5.41) is 9.60. The van der Waals surface area contributed by atoms with Crippen LogP contribution in [0.4, 0.5) is 0 Å². The van der Waals surface area contributed by atoms with Crippen molar-refractivity contribution in [3.8, 4) is 5.75 Å². The Hall–Kier alpha value is -2.43. The monoisotopic (exact) mass is 304 g/mol. The Labute approximate surface area is 129 Å².